The molecule has 2 aromatic carbocycles. The van der Waals surface area contributed by atoms with Crippen LogP contribution in [0.1, 0.15) is 11.1 Å². The standard InChI is InChI=1S/C21H26N2O5S2/c1-16-6-7-18(13-20(16)30(25,26)23-8-10-28-11-9-23)22-21(24)15-29-14-17-4-3-5-19(12-17)27-2/h3-7,12-13H,8-11,14-15H2,1-2H3,(H,22,24). The number of hydrogen-bond donors (Lipinski definition) is 1. The van der Waals surface area contributed by atoms with Crippen LogP contribution in [0.25, 0.3) is 0 Å². The molecule has 0 bridgehead atoms. The van der Waals surface area contributed by atoms with Gasteiger partial charge in [0.1, 0.15) is 5.75 Å². The van der Waals surface area contributed by atoms with Gasteiger partial charge in [-0.25, -0.2) is 8.42 Å². The van der Waals surface area contributed by atoms with Crippen LogP contribution in [0.3, 0.4) is 0 Å². The van der Waals surface area contributed by atoms with E-state index < -0.39 is 10.0 Å². The van der Waals surface area contributed by atoms with Crippen LogP contribution in [-0.4, -0.2) is 57.8 Å². The number of sulfonamides is 1. The highest BCUT2D eigenvalue weighted by Crippen LogP contribution is 2.25. The SMILES string of the molecule is COc1cccc(CSCC(=O)Nc2ccc(C)c(S(=O)(=O)N3CCOCC3)c2)c1. The van der Waals surface area contributed by atoms with Crippen LogP contribution in [0, 0.1) is 6.92 Å². The summed E-state index contributed by atoms with van der Waals surface area (Å²) >= 11 is 1.48. The molecule has 0 spiro atoms. The van der Waals surface area contributed by atoms with Crippen LogP contribution in [-0.2, 0) is 25.3 Å². The molecule has 1 heterocycles. The molecule has 0 atom stereocenters. The fourth-order valence-corrected chi connectivity index (χ4v) is 5.54. The maximum Gasteiger partial charge on any atom is 0.243 e. The van der Waals surface area contributed by atoms with E-state index in [0.29, 0.717) is 43.3 Å². The second-order valence-corrected chi connectivity index (χ2v) is 9.78. The number of anilines is 1. The van der Waals surface area contributed by atoms with Gasteiger partial charge in [0.25, 0.3) is 0 Å². The van der Waals surface area contributed by atoms with E-state index in [9.17, 15) is 13.2 Å². The van der Waals surface area contributed by atoms with Crippen molar-refractivity contribution in [3.8, 4) is 5.75 Å². The molecular weight excluding hydrogens is 424 g/mol. The van der Waals surface area contributed by atoms with E-state index in [-0.39, 0.29) is 16.6 Å². The number of hydrogen-bond acceptors (Lipinski definition) is 6. The average molecular weight is 451 g/mol. The number of methoxy groups -OCH3 is 1. The Balaban J connectivity index is 1.61. The van der Waals surface area contributed by atoms with Gasteiger partial charge in [-0.15, -0.1) is 11.8 Å². The van der Waals surface area contributed by atoms with Crippen molar-refractivity contribution in [3.05, 3.63) is 53.6 Å². The van der Waals surface area contributed by atoms with Gasteiger partial charge in [0, 0.05) is 24.5 Å². The van der Waals surface area contributed by atoms with Gasteiger partial charge in [-0.05, 0) is 42.3 Å². The van der Waals surface area contributed by atoms with Crippen LogP contribution >= 0.6 is 11.8 Å². The van der Waals surface area contributed by atoms with Gasteiger partial charge in [0.05, 0.1) is 31.0 Å². The largest absolute Gasteiger partial charge is 0.497 e. The summed E-state index contributed by atoms with van der Waals surface area (Å²) in [5.41, 5.74) is 2.19. The van der Waals surface area contributed by atoms with E-state index in [1.54, 1.807) is 26.2 Å². The second kappa shape index (κ2) is 10.3. The van der Waals surface area contributed by atoms with Crippen LogP contribution in [0.5, 0.6) is 5.75 Å². The van der Waals surface area contributed by atoms with Crippen LogP contribution in [0.2, 0.25) is 0 Å². The van der Waals surface area contributed by atoms with E-state index >= 15 is 0 Å². The lowest BCUT2D eigenvalue weighted by atomic mass is 10.2. The fourth-order valence-electron chi connectivity index (χ4n) is 3.10. The summed E-state index contributed by atoms with van der Waals surface area (Å²) in [5.74, 6) is 1.54. The molecule has 0 unspecified atom stereocenters. The summed E-state index contributed by atoms with van der Waals surface area (Å²) in [4.78, 5) is 12.6. The lowest BCUT2D eigenvalue weighted by Gasteiger charge is -2.26. The van der Waals surface area contributed by atoms with Gasteiger partial charge in [0.15, 0.2) is 0 Å². The van der Waals surface area contributed by atoms with Gasteiger partial charge in [0.2, 0.25) is 15.9 Å². The third kappa shape index (κ3) is 5.75. The minimum atomic E-state index is -3.63. The Hall–Kier alpha value is -2.07. The molecule has 0 radical (unpaired) electrons. The summed E-state index contributed by atoms with van der Waals surface area (Å²) in [5, 5.41) is 2.80. The number of carbonyl (C=O) groups is 1. The lowest BCUT2D eigenvalue weighted by Crippen LogP contribution is -2.40. The second-order valence-electron chi connectivity index (χ2n) is 6.89. The highest BCUT2D eigenvalue weighted by molar-refractivity contribution is 7.99. The summed E-state index contributed by atoms with van der Waals surface area (Å²) in [6.07, 6.45) is 0. The lowest BCUT2D eigenvalue weighted by molar-refractivity contribution is -0.113. The molecule has 1 aliphatic heterocycles. The number of benzene rings is 2. The Kier molecular flexibility index (Phi) is 7.76. The third-order valence-corrected chi connectivity index (χ3v) is 7.74. The average Bonchev–Trinajstić information content (AvgIpc) is 2.75. The maximum atomic E-state index is 13.0. The van der Waals surface area contributed by atoms with E-state index in [4.69, 9.17) is 9.47 Å². The predicted molar refractivity (Wildman–Crippen MR) is 119 cm³/mol. The predicted octanol–water partition coefficient (Wildman–Crippen LogP) is 2.90. The van der Waals surface area contributed by atoms with Crippen LogP contribution < -0.4 is 10.1 Å². The zero-order valence-corrected chi connectivity index (χ0v) is 18.7. The van der Waals surface area contributed by atoms with Crippen molar-refractivity contribution in [2.75, 3.05) is 44.5 Å². The molecule has 9 heteroatoms. The van der Waals surface area contributed by atoms with Crippen molar-refractivity contribution >= 4 is 33.4 Å². The Bertz CT molecular complexity index is 989. The highest BCUT2D eigenvalue weighted by Gasteiger charge is 2.28. The topological polar surface area (TPSA) is 84.9 Å². The number of ether oxygens (including phenoxy) is 2. The molecule has 0 saturated carbocycles. The van der Waals surface area contributed by atoms with Crippen molar-refractivity contribution in [2.45, 2.75) is 17.6 Å². The zero-order chi connectivity index (χ0) is 21.6. The van der Waals surface area contributed by atoms with Crippen molar-refractivity contribution in [1.82, 2.24) is 4.31 Å². The minimum Gasteiger partial charge on any atom is -0.497 e. The van der Waals surface area contributed by atoms with Gasteiger partial charge in [-0.1, -0.05) is 18.2 Å². The Morgan fingerprint density at radius 2 is 1.97 bits per heavy atom. The molecule has 1 amide bonds. The molecule has 7 nitrogen and oxygen atoms in total. The van der Waals surface area contributed by atoms with E-state index in [2.05, 4.69) is 5.32 Å². The Morgan fingerprint density at radius 3 is 2.70 bits per heavy atom. The van der Waals surface area contributed by atoms with Gasteiger partial charge >= 0.3 is 0 Å². The first-order valence-electron chi connectivity index (χ1n) is 9.59. The molecule has 0 aromatic heterocycles. The normalized spacial score (nSPS) is 15.0. The number of thioether (sulfide) groups is 1. The molecule has 1 aliphatic rings. The molecule has 162 valence electrons. The van der Waals surface area contributed by atoms with Gasteiger partial charge in [-0.3, -0.25) is 4.79 Å². The molecule has 1 N–H and O–H groups in total. The molecule has 2 aromatic rings. The first kappa shape index (κ1) is 22.6. The Morgan fingerprint density at radius 1 is 1.20 bits per heavy atom. The summed E-state index contributed by atoms with van der Waals surface area (Å²) in [6.45, 7) is 3.19. The van der Waals surface area contributed by atoms with Crippen molar-refractivity contribution in [1.29, 1.82) is 0 Å². The number of morpholine rings is 1. The van der Waals surface area contributed by atoms with Gasteiger partial charge < -0.3 is 14.8 Å². The fraction of sp³-hybridized carbons (Fsp3) is 0.381. The number of rotatable bonds is 8. The van der Waals surface area contributed by atoms with Crippen LogP contribution in [0.15, 0.2) is 47.4 Å². The molecule has 1 fully saturated rings. The first-order valence-corrected chi connectivity index (χ1v) is 12.2. The van der Waals surface area contributed by atoms with E-state index in [1.165, 1.54) is 22.1 Å². The van der Waals surface area contributed by atoms with Crippen LogP contribution in [0.4, 0.5) is 5.69 Å². The number of amides is 1. The number of aryl methyl sites for hydroxylation is 1. The molecule has 0 aliphatic carbocycles. The highest BCUT2D eigenvalue weighted by atomic mass is 32.2. The van der Waals surface area contributed by atoms with E-state index in [1.807, 2.05) is 24.3 Å². The zero-order valence-electron chi connectivity index (χ0n) is 17.1. The van der Waals surface area contributed by atoms with Gasteiger partial charge in [-0.2, -0.15) is 4.31 Å². The molecule has 1 saturated heterocycles. The minimum absolute atomic E-state index is 0.179. The van der Waals surface area contributed by atoms with Crippen molar-refractivity contribution in [2.24, 2.45) is 0 Å². The summed E-state index contributed by atoms with van der Waals surface area (Å²) in [6, 6.07) is 12.7. The van der Waals surface area contributed by atoms with Crippen molar-refractivity contribution < 1.29 is 22.7 Å². The molecular formula is C21H26N2O5S2. The molecule has 30 heavy (non-hydrogen) atoms. The summed E-state index contributed by atoms with van der Waals surface area (Å²) in [7, 11) is -2.01. The number of nitrogens with one attached hydrogen (secondary N) is 1. The monoisotopic (exact) mass is 450 g/mol. The quantitative estimate of drug-likeness (QED) is 0.666. The van der Waals surface area contributed by atoms with Crippen molar-refractivity contribution in [3.63, 3.8) is 0 Å². The molecule has 3 rings (SSSR count). The summed E-state index contributed by atoms with van der Waals surface area (Å²) < 4.78 is 37.8. The smallest absolute Gasteiger partial charge is 0.243 e. The third-order valence-electron chi connectivity index (χ3n) is 4.70. The number of carbonyl (C=O) groups excluding carboxylic acids is 1. The van der Waals surface area contributed by atoms with E-state index in [0.717, 1.165) is 11.3 Å². The Labute approximate surface area is 181 Å². The first-order chi connectivity index (χ1) is 14.4. The maximum absolute atomic E-state index is 13.0. The number of nitrogens with zero attached hydrogens (tertiary/aromatic N) is 1.